The van der Waals surface area contributed by atoms with Crippen molar-refractivity contribution >= 4 is 17.2 Å². The number of nitrogens with one attached hydrogen (secondary N) is 1. The standard InChI is InChI=1S/C21H22N4O3S/c1-12-7-8-18(25-24-12)14(3)23-20(26)16-5-4-6-17(21-22-9-13(2)29-21)19(16)28-15-10-27-11-15/h4-9,14-15H,10-11H2,1-3H3,(H,23,26)/t14-/m1/s1. The zero-order valence-corrected chi connectivity index (χ0v) is 17.3. The Hall–Kier alpha value is -2.84. The van der Waals surface area contributed by atoms with E-state index in [0.717, 1.165) is 21.1 Å². The first-order valence-corrected chi connectivity index (χ1v) is 10.2. The van der Waals surface area contributed by atoms with Crippen LogP contribution in [0.5, 0.6) is 5.75 Å². The van der Waals surface area contributed by atoms with Gasteiger partial charge in [-0.25, -0.2) is 4.98 Å². The Labute approximate surface area is 173 Å². The fraction of sp³-hybridized carbons (Fsp3) is 0.333. The van der Waals surface area contributed by atoms with Gasteiger partial charge >= 0.3 is 0 Å². The van der Waals surface area contributed by atoms with Crippen molar-refractivity contribution in [3.63, 3.8) is 0 Å². The summed E-state index contributed by atoms with van der Waals surface area (Å²) in [6.45, 7) is 6.79. The molecule has 0 bridgehead atoms. The molecule has 1 saturated heterocycles. The second-order valence-electron chi connectivity index (χ2n) is 7.03. The molecule has 1 atom stereocenters. The minimum absolute atomic E-state index is 0.0656. The summed E-state index contributed by atoms with van der Waals surface area (Å²) in [5.41, 5.74) is 2.81. The summed E-state index contributed by atoms with van der Waals surface area (Å²) in [6, 6.07) is 9.00. The number of aryl methyl sites for hydroxylation is 2. The van der Waals surface area contributed by atoms with Gasteiger partial charge in [-0.15, -0.1) is 11.3 Å². The van der Waals surface area contributed by atoms with Gasteiger partial charge in [0.1, 0.15) is 16.9 Å². The monoisotopic (exact) mass is 410 g/mol. The molecule has 1 amide bonds. The van der Waals surface area contributed by atoms with Gasteiger partial charge in [-0.2, -0.15) is 10.2 Å². The van der Waals surface area contributed by atoms with Gasteiger partial charge in [0, 0.05) is 11.1 Å². The number of benzene rings is 1. The molecule has 7 nitrogen and oxygen atoms in total. The Balaban J connectivity index is 1.64. The molecular weight excluding hydrogens is 388 g/mol. The average Bonchev–Trinajstić information content (AvgIpc) is 3.11. The van der Waals surface area contributed by atoms with Crippen molar-refractivity contribution in [2.24, 2.45) is 0 Å². The average molecular weight is 410 g/mol. The lowest BCUT2D eigenvalue weighted by Crippen LogP contribution is -2.39. The van der Waals surface area contributed by atoms with Crippen LogP contribution in [0.15, 0.2) is 36.5 Å². The van der Waals surface area contributed by atoms with Crippen molar-refractivity contribution < 1.29 is 14.3 Å². The summed E-state index contributed by atoms with van der Waals surface area (Å²) in [6.07, 6.45) is 1.75. The highest BCUT2D eigenvalue weighted by molar-refractivity contribution is 7.15. The lowest BCUT2D eigenvalue weighted by Gasteiger charge is -2.28. The summed E-state index contributed by atoms with van der Waals surface area (Å²) in [5.74, 6) is 0.306. The first-order valence-electron chi connectivity index (χ1n) is 9.42. The molecule has 1 aromatic carbocycles. The number of hydrogen-bond acceptors (Lipinski definition) is 7. The van der Waals surface area contributed by atoms with E-state index in [1.165, 1.54) is 0 Å². The molecule has 3 heterocycles. The smallest absolute Gasteiger partial charge is 0.255 e. The molecule has 1 fully saturated rings. The number of carbonyl (C=O) groups is 1. The largest absolute Gasteiger partial charge is 0.484 e. The predicted octanol–water partition coefficient (Wildman–Crippen LogP) is 3.49. The Morgan fingerprint density at radius 1 is 1.24 bits per heavy atom. The number of carbonyl (C=O) groups excluding carboxylic acids is 1. The van der Waals surface area contributed by atoms with Crippen molar-refractivity contribution in [3.8, 4) is 16.3 Å². The van der Waals surface area contributed by atoms with Crippen LogP contribution in [0.4, 0.5) is 0 Å². The first-order chi connectivity index (χ1) is 14.0. The zero-order chi connectivity index (χ0) is 20.4. The van der Waals surface area contributed by atoms with Gasteiger partial charge < -0.3 is 14.8 Å². The van der Waals surface area contributed by atoms with Crippen LogP contribution < -0.4 is 10.1 Å². The summed E-state index contributed by atoms with van der Waals surface area (Å²) < 4.78 is 11.4. The first kappa shape index (κ1) is 19.5. The van der Waals surface area contributed by atoms with E-state index >= 15 is 0 Å². The van der Waals surface area contributed by atoms with Crippen LogP contribution in [-0.4, -0.2) is 40.4 Å². The van der Waals surface area contributed by atoms with Crippen LogP contribution in [0, 0.1) is 13.8 Å². The number of hydrogen-bond donors (Lipinski definition) is 1. The van der Waals surface area contributed by atoms with Gasteiger partial charge in [0.2, 0.25) is 0 Å². The summed E-state index contributed by atoms with van der Waals surface area (Å²) in [7, 11) is 0. The highest BCUT2D eigenvalue weighted by Gasteiger charge is 2.27. The van der Waals surface area contributed by atoms with Gasteiger partial charge in [0.05, 0.1) is 41.8 Å². The number of thiazole rings is 1. The quantitative estimate of drug-likeness (QED) is 0.670. The molecule has 0 unspecified atom stereocenters. The Morgan fingerprint density at radius 2 is 2.07 bits per heavy atom. The van der Waals surface area contributed by atoms with E-state index in [0.29, 0.717) is 30.2 Å². The van der Waals surface area contributed by atoms with E-state index in [1.54, 1.807) is 17.4 Å². The van der Waals surface area contributed by atoms with E-state index < -0.39 is 0 Å². The second kappa shape index (κ2) is 8.26. The van der Waals surface area contributed by atoms with Crippen molar-refractivity contribution in [3.05, 3.63) is 58.4 Å². The van der Waals surface area contributed by atoms with E-state index in [2.05, 4.69) is 20.5 Å². The third kappa shape index (κ3) is 4.28. The van der Waals surface area contributed by atoms with Gasteiger partial charge in [-0.3, -0.25) is 4.79 Å². The SMILES string of the molecule is Cc1ccc([C@@H](C)NC(=O)c2cccc(-c3ncc(C)s3)c2OC2COC2)nn1. The van der Waals surface area contributed by atoms with E-state index in [-0.39, 0.29) is 18.1 Å². The molecule has 1 aliphatic heterocycles. The van der Waals surface area contributed by atoms with E-state index in [9.17, 15) is 4.79 Å². The Morgan fingerprint density at radius 3 is 2.69 bits per heavy atom. The van der Waals surface area contributed by atoms with Gasteiger partial charge in [0.15, 0.2) is 0 Å². The molecule has 0 saturated carbocycles. The lowest BCUT2D eigenvalue weighted by molar-refractivity contribution is -0.0796. The summed E-state index contributed by atoms with van der Waals surface area (Å²) >= 11 is 1.57. The van der Waals surface area contributed by atoms with E-state index in [4.69, 9.17) is 9.47 Å². The predicted molar refractivity (Wildman–Crippen MR) is 110 cm³/mol. The molecule has 2 aromatic heterocycles. The number of nitrogens with zero attached hydrogens (tertiary/aromatic N) is 3. The van der Waals surface area contributed by atoms with Crippen molar-refractivity contribution in [2.75, 3.05) is 13.2 Å². The second-order valence-corrected chi connectivity index (χ2v) is 8.27. The van der Waals surface area contributed by atoms with Crippen molar-refractivity contribution in [1.82, 2.24) is 20.5 Å². The molecule has 3 aromatic rings. The normalized spacial score (nSPS) is 14.9. The number of rotatable bonds is 6. The molecular formula is C21H22N4O3S. The number of amides is 1. The van der Waals surface area contributed by atoms with Crippen LogP contribution in [0.25, 0.3) is 10.6 Å². The maximum absolute atomic E-state index is 13.1. The highest BCUT2D eigenvalue weighted by atomic mass is 32.1. The van der Waals surface area contributed by atoms with Gasteiger partial charge in [-0.05, 0) is 45.0 Å². The molecule has 29 heavy (non-hydrogen) atoms. The third-order valence-corrected chi connectivity index (χ3v) is 5.56. The molecule has 4 rings (SSSR count). The van der Waals surface area contributed by atoms with Crippen molar-refractivity contribution in [2.45, 2.75) is 32.9 Å². The van der Waals surface area contributed by atoms with E-state index in [1.807, 2.05) is 51.2 Å². The summed E-state index contributed by atoms with van der Waals surface area (Å²) in [5, 5.41) is 12.1. The van der Waals surface area contributed by atoms with Crippen molar-refractivity contribution in [1.29, 1.82) is 0 Å². The molecule has 0 aliphatic carbocycles. The lowest BCUT2D eigenvalue weighted by atomic mass is 10.1. The maximum Gasteiger partial charge on any atom is 0.255 e. The topological polar surface area (TPSA) is 86.2 Å². The molecule has 1 N–H and O–H groups in total. The minimum Gasteiger partial charge on any atom is -0.484 e. The molecule has 150 valence electrons. The van der Waals surface area contributed by atoms with Crippen LogP contribution in [-0.2, 0) is 4.74 Å². The molecule has 0 spiro atoms. The van der Waals surface area contributed by atoms with Gasteiger partial charge in [-0.1, -0.05) is 6.07 Å². The third-order valence-electron chi connectivity index (χ3n) is 4.61. The zero-order valence-electron chi connectivity index (χ0n) is 16.5. The molecule has 1 aliphatic rings. The highest BCUT2D eigenvalue weighted by Crippen LogP contribution is 2.37. The van der Waals surface area contributed by atoms with Crippen LogP contribution in [0.2, 0.25) is 0 Å². The van der Waals surface area contributed by atoms with Crippen LogP contribution >= 0.6 is 11.3 Å². The Bertz CT molecular complexity index is 1020. The number of para-hydroxylation sites is 1. The number of ether oxygens (including phenoxy) is 2. The van der Waals surface area contributed by atoms with Crippen LogP contribution in [0.3, 0.4) is 0 Å². The maximum atomic E-state index is 13.1. The fourth-order valence-electron chi connectivity index (χ4n) is 2.93. The van der Waals surface area contributed by atoms with Gasteiger partial charge in [0.25, 0.3) is 5.91 Å². The Kier molecular flexibility index (Phi) is 5.55. The molecule has 8 heteroatoms. The minimum atomic E-state index is -0.291. The fourth-order valence-corrected chi connectivity index (χ4v) is 3.71. The summed E-state index contributed by atoms with van der Waals surface area (Å²) in [4.78, 5) is 18.7. The molecule has 0 radical (unpaired) electrons. The van der Waals surface area contributed by atoms with Crippen LogP contribution in [0.1, 0.15) is 39.6 Å². The number of aromatic nitrogens is 3.